The molecule has 1 saturated heterocycles. The fraction of sp³-hybridized carbons (Fsp3) is 0.818. The molecule has 84 valence electrons. The maximum absolute atomic E-state index is 11.8. The first-order valence-electron chi connectivity index (χ1n) is 5.40. The van der Waals surface area contributed by atoms with Crippen LogP contribution < -0.4 is 0 Å². The summed E-state index contributed by atoms with van der Waals surface area (Å²) in [4.78, 5) is 13.6. The van der Waals surface area contributed by atoms with Crippen molar-refractivity contribution in [1.29, 1.82) is 5.26 Å². The quantitative estimate of drug-likeness (QED) is 0.696. The lowest BCUT2D eigenvalue weighted by Gasteiger charge is -2.18. The van der Waals surface area contributed by atoms with Crippen molar-refractivity contribution in [2.24, 2.45) is 11.8 Å². The maximum Gasteiger partial charge on any atom is 0.239 e. The molecular weight excluding hydrogens is 192 g/mol. The molecular formula is C11H18N2O2. The summed E-state index contributed by atoms with van der Waals surface area (Å²) in [5.41, 5.74) is 0. The van der Waals surface area contributed by atoms with Crippen LogP contribution in [0.3, 0.4) is 0 Å². The molecule has 1 aliphatic rings. The Hall–Kier alpha value is -1.08. The van der Waals surface area contributed by atoms with Crippen molar-refractivity contribution in [2.75, 3.05) is 26.8 Å². The van der Waals surface area contributed by atoms with Crippen LogP contribution in [0.15, 0.2) is 0 Å². The third-order valence-electron chi connectivity index (χ3n) is 2.86. The molecule has 0 spiro atoms. The minimum Gasteiger partial charge on any atom is -0.384 e. The zero-order valence-electron chi connectivity index (χ0n) is 9.40. The molecule has 0 aromatic rings. The number of likely N-dealkylation sites (tertiary alicyclic amines) is 1. The minimum atomic E-state index is -0.466. The Morgan fingerprint density at radius 2 is 2.47 bits per heavy atom. The molecule has 0 N–H and O–H groups in total. The van der Waals surface area contributed by atoms with Gasteiger partial charge in [0, 0.05) is 26.1 Å². The molecule has 1 fully saturated rings. The Morgan fingerprint density at radius 3 is 3.00 bits per heavy atom. The third kappa shape index (κ3) is 2.93. The molecule has 0 aromatic heterocycles. The molecule has 1 aliphatic heterocycles. The normalized spacial score (nSPS) is 22.5. The molecule has 1 amide bonds. The van der Waals surface area contributed by atoms with E-state index in [1.165, 1.54) is 0 Å². The number of carbonyl (C=O) groups is 1. The second-order valence-electron chi connectivity index (χ2n) is 3.98. The van der Waals surface area contributed by atoms with Gasteiger partial charge in [-0.15, -0.1) is 0 Å². The number of hydrogen-bond acceptors (Lipinski definition) is 3. The molecule has 4 heteroatoms. The van der Waals surface area contributed by atoms with Crippen molar-refractivity contribution in [3.63, 3.8) is 0 Å². The highest BCUT2D eigenvalue weighted by molar-refractivity contribution is 5.81. The molecule has 1 heterocycles. The van der Waals surface area contributed by atoms with Crippen LogP contribution in [-0.4, -0.2) is 37.6 Å². The first kappa shape index (κ1) is 12.0. The van der Waals surface area contributed by atoms with Gasteiger partial charge in [0.1, 0.15) is 5.92 Å². The molecule has 4 nitrogen and oxygen atoms in total. The smallest absolute Gasteiger partial charge is 0.239 e. The van der Waals surface area contributed by atoms with Crippen molar-refractivity contribution in [2.45, 2.75) is 19.8 Å². The van der Waals surface area contributed by atoms with Gasteiger partial charge in [0.25, 0.3) is 0 Å². The molecule has 2 unspecified atom stereocenters. The van der Waals surface area contributed by atoms with Crippen LogP contribution in [0.5, 0.6) is 0 Å². The van der Waals surface area contributed by atoms with Gasteiger partial charge in [0.2, 0.25) is 5.91 Å². The second kappa shape index (κ2) is 5.72. The predicted octanol–water partition coefficient (Wildman–Crippen LogP) is 1.03. The number of ether oxygens (including phenoxy) is 1. The lowest BCUT2D eigenvalue weighted by molar-refractivity contribution is -0.132. The highest BCUT2D eigenvalue weighted by atomic mass is 16.5. The molecule has 15 heavy (non-hydrogen) atoms. The van der Waals surface area contributed by atoms with Crippen molar-refractivity contribution in [3.05, 3.63) is 0 Å². The van der Waals surface area contributed by atoms with Gasteiger partial charge in [-0.3, -0.25) is 4.79 Å². The second-order valence-corrected chi connectivity index (χ2v) is 3.98. The van der Waals surface area contributed by atoms with E-state index in [4.69, 9.17) is 10.00 Å². The summed E-state index contributed by atoms with van der Waals surface area (Å²) < 4.78 is 5.06. The van der Waals surface area contributed by atoms with Gasteiger partial charge in [0.05, 0.1) is 12.7 Å². The fourth-order valence-electron chi connectivity index (χ4n) is 1.95. The zero-order chi connectivity index (χ0) is 11.3. The largest absolute Gasteiger partial charge is 0.384 e. The van der Waals surface area contributed by atoms with Gasteiger partial charge in [-0.1, -0.05) is 6.92 Å². The summed E-state index contributed by atoms with van der Waals surface area (Å²) in [7, 11) is 1.68. The number of nitriles is 1. The summed E-state index contributed by atoms with van der Waals surface area (Å²) in [6, 6.07) is 2.05. The number of methoxy groups -OCH3 is 1. The van der Waals surface area contributed by atoms with Crippen LogP contribution in [0.25, 0.3) is 0 Å². The lowest BCUT2D eigenvalue weighted by Crippen LogP contribution is -2.34. The maximum atomic E-state index is 11.8. The van der Waals surface area contributed by atoms with Crippen molar-refractivity contribution < 1.29 is 9.53 Å². The molecule has 1 rings (SSSR count). The minimum absolute atomic E-state index is 0.0152. The van der Waals surface area contributed by atoms with E-state index in [1.807, 2.05) is 6.92 Å². The van der Waals surface area contributed by atoms with E-state index >= 15 is 0 Å². The van der Waals surface area contributed by atoms with Crippen LogP contribution >= 0.6 is 0 Å². The number of nitrogens with zero attached hydrogens (tertiary/aromatic N) is 2. The van der Waals surface area contributed by atoms with Crippen LogP contribution in [0.1, 0.15) is 19.8 Å². The third-order valence-corrected chi connectivity index (χ3v) is 2.86. The first-order chi connectivity index (χ1) is 7.22. The van der Waals surface area contributed by atoms with E-state index < -0.39 is 5.92 Å². The summed E-state index contributed by atoms with van der Waals surface area (Å²) in [5.74, 6) is -0.0416. The standard InChI is InChI=1S/C11H18N2O2/c1-3-10(6-12)11(14)13-5-4-9(7-13)8-15-2/h9-10H,3-5,7-8H2,1-2H3. The Kier molecular flexibility index (Phi) is 4.57. The van der Waals surface area contributed by atoms with Crippen LogP contribution in [0.4, 0.5) is 0 Å². The predicted molar refractivity (Wildman–Crippen MR) is 56.0 cm³/mol. The van der Waals surface area contributed by atoms with Gasteiger partial charge in [0.15, 0.2) is 0 Å². The van der Waals surface area contributed by atoms with Gasteiger partial charge in [-0.05, 0) is 12.8 Å². The van der Waals surface area contributed by atoms with Gasteiger partial charge in [-0.2, -0.15) is 5.26 Å². The lowest BCUT2D eigenvalue weighted by atomic mass is 10.1. The van der Waals surface area contributed by atoms with Gasteiger partial charge in [-0.25, -0.2) is 0 Å². The molecule has 0 radical (unpaired) electrons. The first-order valence-corrected chi connectivity index (χ1v) is 5.40. The molecule has 0 saturated carbocycles. The molecule has 2 atom stereocenters. The van der Waals surface area contributed by atoms with Gasteiger partial charge >= 0.3 is 0 Å². The summed E-state index contributed by atoms with van der Waals surface area (Å²) in [6.45, 7) is 4.08. The Labute approximate surface area is 90.8 Å². The molecule has 0 aliphatic carbocycles. The average molecular weight is 210 g/mol. The summed E-state index contributed by atoms with van der Waals surface area (Å²) in [5, 5.41) is 8.80. The Bertz CT molecular complexity index is 260. The van der Waals surface area contributed by atoms with E-state index in [-0.39, 0.29) is 5.91 Å². The van der Waals surface area contributed by atoms with Crippen LogP contribution in [-0.2, 0) is 9.53 Å². The fourth-order valence-corrected chi connectivity index (χ4v) is 1.95. The molecule has 0 bridgehead atoms. The van der Waals surface area contributed by atoms with Crippen molar-refractivity contribution in [1.82, 2.24) is 4.90 Å². The van der Waals surface area contributed by atoms with E-state index in [0.29, 0.717) is 18.9 Å². The van der Waals surface area contributed by atoms with Crippen LogP contribution in [0, 0.1) is 23.2 Å². The van der Waals surface area contributed by atoms with E-state index in [9.17, 15) is 4.79 Å². The van der Waals surface area contributed by atoms with Gasteiger partial charge < -0.3 is 9.64 Å². The molecule has 0 aromatic carbocycles. The number of carbonyl (C=O) groups excluding carboxylic acids is 1. The average Bonchev–Trinajstić information content (AvgIpc) is 2.68. The van der Waals surface area contributed by atoms with Crippen LogP contribution in [0.2, 0.25) is 0 Å². The van der Waals surface area contributed by atoms with Crippen molar-refractivity contribution >= 4 is 5.91 Å². The van der Waals surface area contributed by atoms with Crippen molar-refractivity contribution in [3.8, 4) is 6.07 Å². The van der Waals surface area contributed by atoms with E-state index in [2.05, 4.69) is 6.07 Å². The highest BCUT2D eigenvalue weighted by Gasteiger charge is 2.29. The Morgan fingerprint density at radius 1 is 1.73 bits per heavy atom. The Balaban J connectivity index is 2.46. The van der Waals surface area contributed by atoms with E-state index in [1.54, 1.807) is 12.0 Å². The zero-order valence-corrected chi connectivity index (χ0v) is 9.40. The number of rotatable bonds is 4. The van der Waals surface area contributed by atoms with E-state index in [0.717, 1.165) is 19.5 Å². The monoisotopic (exact) mass is 210 g/mol. The summed E-state index contributed by atoms with van der Waals surface area (Å²) in [6.07, 6.45) is 1.59. The topological polar surface area (TPSA) is 53.3 Å². The SMILES string of the molecule is CCC(C#N)C(=O)N1CCC(COC)C1. The highest BCUT2D eigenvalue weighted by Crippen LogP contribution is 2.19. The number of amides is 1. The number of hydrogen-bond donors (Lipinski definition) is 0. The summed E-state index contributed by atoms with van der Waals surface area (Å²) >= 11 is 0.